The van der Waals surface area contributed by atoms with Gasteiger partial charge >= 0.3 is 0 Å². The molecule has 15 heavy (non-hydrogen) atoms. The average Bonchev–Trinajstić information content (AvgIpc) is 2.11. The zero-order chi connectivity index (χ0) is 11.5. The van der Waals surface area contributed by atoms with Crippen LogP contribution in [0.4, 0.5) is 0 Å². The first-order valence-electron chi connectivity index (χ1n) is 6.29. The Hall–Kier alpha value is -0.530. The fourth-order valence-corrected chi connectivity index (χ4v) is 2.43. The van der Waals surface area contributed by atoms with Crippen LogP contribution >= 0.6 is 0 Å². The highest BCUT2D eigenvalue weighted by atomic mass is 16.2. The standard InChI is InChI=1S/C13H25NO/c1-5-7-8-13(4,6-2)12-9-14(10-12)11(3)15/h12H,5-10H2,1-4H3. The second kappa shape index (κ2) is 5.00. The molecule has 1 aliphatic rings. The molecule has 1 atom stereocenters. The molecule has 1 aliphatic heterocycles. The number of hydrogen-bond donors (Lipinski definition) is 0. The molecule has 2 nitrogen and oxygen atoms in total. The van der Waals surface area contributed by atoms with Crippen molar-refractivity contribution in [2.24, 2.45) is 11.3 Å². The summed E-state index contributed by atoms with van der Waals surface area (Å²) in [5.74, 6) is 0.971. The van der Waals surface area contributed by atoms with Gasteiger partial charge in [0, 0.05) is 20.0 Å². The van der Waals surface area contributed by atoms with E-state index in [1.54, 1.807) is 6.92 Å². The highest BCUT2D eigenvalue weighted by molar-refractivity contribution is 5.74. The maximum atomic E-state index is 11.1. The van der Waals surface area contributed by atoms with Crippen LogP contribution in [-0.4, -0.2) is 23.9 Å². The molecule has 1 amide bonds. The number of rotatable bonds is 5. The van der Waals surface area contributed by atoms with Crippen LogP contribution in [-0.2, 0) is 4.79 Å². The lowest BCUT2D eigenvalue weighted by Gasteiger charge is -2.49. The van der Waals surface area contributed by atoms with E-state index in [2.05, 4.69) is 20.8 Å². The van der Waals surface area contributed by atoms with Crippen molar-refractivity contribution < 1.29 is 4.79 Å². The molecule has 1 heterocycles. The van der Waals surface area contributed by atoms with Gasteiger partial charge in [0.15, 0.2) is 0 Å². The molecule has 88 valence electrons. The molecule has 0 aromatic rings. The van der Waals surface area contributed by atoms with E-state index in [4.69, 9.17) is 0 Å². The average molecular weight is 211 g/mol. The lowest BCUT2D eigenvalue weighted by atomic mass is 9.68. The Balaban J connectivity index is 2.44. The molecule has 0 aromatic heterocycles. The summed E-state index contributed by atoms with van der Waals surface area (Å²) in [6.45, 7) is 10.6. The van der Waals surface area contributed by atoms with Gasteiger partial charge in [-0.05, 0) is 17.8 Å². The van der Waals surface area contributed by atoms with Crippen molar-refractivity contribution in [3.05, 3.63) is 0 Å². The first kappa shape index (κ1) is 12.5. The van der Waals surface area contributed by atoms with Crippen molar-refractivity contribution in [1.29, 1.82) is 0 Å². The summed E-state index contributed by atoms with van der Waals surface area (Å²) in [5, 5.41) is 0. The molecule has 0 aliphatic carbocycles. The fourth-order valence-electron chi connectivity index (χ4n) is 2.43. The van der Waals surface area contributed by atoms with Crippen molar-refractivity contribution in [1.82, 2.24) is 4.90 Å². The van der Waals surface area contributed by atoms with E-state index in [0.717, 1.165) is 19.0 Å². The molecule has 0 spiro atoms. The maximum absolute atomic E-state index is 11.1. The normalized spacial score (nSPS) is 20.9. The third-order valence-electron chi connectivity index (χ3n) is 4.22. The minimum Gasteiger partial charge on any atom is -0.342 e. The van der Waals surface area contributed by atoms with Gasteiger partial charge in [0.25, 0.3) is 0 Å². The summed E-state index contributed by atoms with van der Waals surface area (Å²) in [5.41, 5.74) is 0.460. The summed E-state index contributed by atoms with van der Waals surface area (Å²) < 4.78 is 0. The highest BCUT2D eigenvalue weighted by Crippen LogP contribution is 2.41. The number of nitrogens with zero attached hydrogens (tertiary/aromatic N) is 1. The Morgan fingerprint density at radius 3 is 2.40 bits per heavy atom. The third kappa shape index (κ3) is 2.73. The summed E-state index contributed by atoms with van der Waals surface area (Å²) in [7, 11) is 0. The molecule has 0 aromatic carbocycles. The molecular weight excluding hydrogens is 186 g/mol. The smallest absolute Gasteiger partial charge is 0.219 e. The molecule has 0 radical (unpaired) electrons. The minimum atomic E-state index is 0.236. The van der Waals surface area contributed by atoms with E-state index >= 15 is 0 Å². The second-order valence-electron chi connectivity index (χ2n) is 5.23. The lowest BCUT2D eigenvalue weighted by Crippen LogP contribution is -2.55. The van der Waals surface area contributed by atoms with Gasteiger partial charge in [-0.1, -0.05) is 40.0 Å². The Morgan fingerprint density at radius 2 is 2.00 bits per heavy atom. The van der Waals surface area contributed by atoms with Crippen molar-refractivity contribution in [3.8, 4) is 0 Å². The zero-order valence-electron chi connectivity index (χ0n) is 10.7. The Morgan fingerprint density at radius 1 is 1.40 bits per heavy atom. The zero-order valence-corrected chi connectivity index (χ0v) is 10.7. The van der Waals surface area contributed by atoms with Gasteiger partial charge in [-0.3, -0.25) is 4.79 Å². The largest absolute Gasteiger partial charge is 0.342 e. The van der Waals surface area contributed by atoms with E-state index in [-0.39, 0.29) is 5.91 Å². The molecule has 0 N–H and O–H groups in total. The third-order valence-corrected chi connectivity index (χ3v) is 4.22. The predicted molar refractivity (Wildman–Crippen MR) is 63.7 cm³/mol. The van der Waals surface area contributed by atoms with Crippen molar-refractivity contribution in [2.45, 2.75) is 53.4 Å². The van der Waals surface area contributed by atoms with Crippen LogP contribution in [0.5, 0.6) is 0 Å². The van der Waals surface area contributed by atoms with Gasteiger partial charge in [-0.2, -0.15) is 0 Å². The van der Waals surface area contributed by atoms with Gasteiger partial charge < -0.3 is 4.90 Å². The van der Waals surface area contributed by atoms with Gasteiger partial charge in [0.1, 0.15) is 0 Å². The molecular formula is C13H25NO. The first-order chi connectivity index (χ1) is 7.03. The van der Waals surface area contributed by atoms with Crippen LogP contribution in [0.15, 0.2) is 0 Å². The number of amides is 1. The predicted octanol–water partition coefficient (Wildman–Crippen LogP) is 3.07. The van der Waals surface area contributed by atoms with Crippen molar-refractivity contribution >= 4 is 5.91 Å². The number of carbonyl (C=O) groups is 1. The quantitative estimate of drug-likeness (QED) is 0.684. The first-order valence-corrected chi connectivity index (χ1v) is 6.29. The molecule has 1 unspecified atom stereocenters. The second-order valence-corrected chi connectivity index (χ2v) is 5.23. The Bertz CT molecular complexity index is 221. The van der Waals surface area contributed by atoms with Gasteiger partial charge in [0.2, 0.25) is 5.91 Å². The van der Waals surface area contributed by atoms with Crippen LogP contribution in [0.3, 0.4) is 0 Å². The minimum absolute atomic E-state index is 0.236. The van der Waals surface area contributed by atoms with E-state index < -0.39 is 0 Å². The van der Waals surface area contributed by atoms with E-state index in [1.165, 1.54) is 25.7 Å². The SMILES string of the molecule is CCCCC(C)(CC)C1CN(C(C)=O)C1. The number of carbonyl (C=O) groups excluding carboxylic acids is 1. The van der Waals surface area contributed by atoms with Crippen molar-refractivity contribution in [2.75, 3.05) is 13.1 Å². The Kier molecular flexibility index (Phi) is 4.18. The number of likely N-dealkylation sites (tertiary alicyclic amines) is 1. The topological polar surface area (TPSA) is 20.3 Å². The van der Waals surface area contributed by atoms with Crippen LogP contribution in [0, 0.1) is 11.3 Å². The maximum Gasteiger partial charge on any atom is 0.219 e. The number of hydrogen-bond acceptors (Lipinski definition) is 1. The fraction of sp³-hybridized carbons (Fsp3) is 0.923. The molecule has 1 fully saturated rings. The summed E-state index contributed by atoms with van der Waals surface area (Å²) in [6, 6.07) is 0. The van der Waals surface area contributed by atoms with Gasteiger partial charge in [-0.25, -0.2) is 0 Å². The highest BCUT2D eigenvalue weighted by Gasteiger charge is 2.40. The van der Waals surface area contributed by atoms with Crippen molar-refractivity contribution in [3.63, 3.8) is 0 Å². The van der Waals surface area contributed by atoms with Gasteiger partial charge in [0.05, 0.1) is 0 Å². The summed E-state index contributed by atoms with van der Waals surface area (Å²) in [6.07, 6.45) is 5.15. The molecule has 1 saturated heterocycles. The van der Waals surface area contributed by atoms with Crippen LogP contribution in [0.2, 0.25) is 0 Å². The van der Waals surface area contributed by atoms with E-state index in [9.17, 15) is 4.79 Å². The lowest BCUT2D eigenvalue weighted by molar-refractivity contribution is -0.138. The van der Waals surface area contributed by atoms with Crippen LogP contribution in [0.1, 0.15) is 53.4 Å². The monoisotopic (exact) mass is 211 g/mol. The molecule has 2 heteroatoms. The van der Waals surface area contributed by atoms with E-state index in [1.807, 2.05) is 4.90 Å². The van der Waals surface area contributed by atoms with E-state index in [0.29, 0.717) is 5.41 Å². The molecule has 1 rings (SSSR count). The molecule has 0 bridgehead atoms. The number of unbranched alkanes of at least 4 members (excludes halogenated alkanes) is 1. The van der Waals surface area contributed by atoms with Crippen LogP contribution < -0.4 is 0 Å². The molecule has 0 saturated carbocycles. The van der Waals surface area contributed by atoms with Crippen LogP contribution in [0.25, 0.3) is 0 Å². The Labute approximate surface area is 94.0 Å². The summed E-state index contributed by atoms with van der Waals surface area (Å²) >= 11 is 0. The summed E-state index contributed by atoms with van der Waals surface area (Å²) in [4.78, 5) is 13.1. The van der Waals surface area contributed by atoms with Gasteiger partial charge in [-0.15, -0.1) is 0 Å².